The SMILES string of the molecule is Cc1ccccc1OCC(O)C(=O)N1CC=CC1. The fourth-order valence-corrected chi connectivity index (χ4v) is 1.83. The molecule has 0 aromatic heterocycles. The molecule has 1 aliphatic heterocycles. The number of aliphatic hydroxyl groups is 1. The van der Waals surface area contributed by atoms with Gasteiger partial charge in [-0.1, -0.05) is 30.4 Å². The van der Waals surface area contributed by atoms with Gasteiger partial charge in [-0.15, -0.1) is 0 Å². The normalized spacial score (nSPS) is 15.8. The molecular weight excluding hydrogens is 230 g/mol. The molecule has 1 amide bonds. The van der Waals surface area contributed by atoms with Crippen LogP contribution in [0, 0.1) is 6.92 Å². The number of benzene rings is 1. The Hall–Kier alpha value is -1.81. The predicted molar refractivity (Wildman–Crippen MR) is 68.4 cm³/mol. The Morgan fingerprint density at radius 2 is 2.06 bits per heavy atom. The lowest BCUT2D eigenvalue weighted by Gasteiger charge is -2.20. The highest BCUT2D eigenvalue weighted by molar-refractivity contribution is 5.81. The number of aryl methyl sites for hydroxylation is 1. The maximum absolute atomic E-state index is 11.8. The molecule has 1 unspecified atom stereocenters. The van der Waals surface area contributed by atoms with E-state index in [1.165, 1.54) is 0 Å². The van der Waals surface area contributed by atoms with Crippen LogP contribution in [0.25, 0.3) is 0 Å². The van der Waals surface area contributed by atoms with Crippen LogP contribution in [-0.2, 0) is 4.79 Å². The summed E-state index contributed by atoms with van der Waals surface area (Å²) in [5, 5.41) is 9.79. The number of ether oxygens (including phenoxy) is 1. The molecule has 1 aromatic carbocycles. The molecule has 0 saturated carbocycles. The van der Waals surface area contributed by atoms with E-state index < -0.39 is 6.10 Å². The summed E-state index contributed by atoms with van der Waals surface area (Å²) < 4.78 is 5.46. The fraction of sp³-hybridized carbons (Fsp3) is 0.357. The molecule has 0 aliphatic carbocycles. The number of aliphatic hydroxyl groups excluding tert-OH is 1. The highest BCUT2D eigenvalue weighted by Crippen LogP contribution is 2.16. The van der Waals surface area contributed by atoms with Crippen LogP contribution >= 0.6 is 0 Å². The van der Waals surface area contributed by atoms with Crippen LogP contribution in [0.15, 0.2) is 36.4 Å². The van der Waals surface area contributed by atoms with Crippen LogP contribution in [-0.4, -0.2) is 41.7 Å². The van der Waals surface area contributed by atoms with E-state index in [0.717, 1.165) is 5.56 Å². The average Bonchev–Trinajstić information content (AvgIpc) is 2.90. The van der Waals surface area contributed by atoms with Crippen molar-refractivity contribution in [3.63, 3.8) is 0 Å². The van der Waals surface area contributed by atoms with Gasteiger partial charge in [-0.25, -0.2) is 0 Å². The Labute approximate surface area is 106 Å². The van der Waals surface area contributed by atoms with E-state index in [4.69, 9.17) is 4.74 Å². The molecule has 1 heterocycles. The summed E-state index contributed by atoms with van der Waals surface area (Å²) in [6, 6.07) is 7.53. The number of amides is 1. The molecule has 0 saturated heterocycles. The number of nitrogens with zero attached hydrogens (tertiary/aromatic N) is 1. The summed E-state index contributed by atoms with van der Waals surface area (Å²) >= 11 is 0. The molecule has 4 nitrogen and oxygen atoms in total. The summed E-state index contributed by atoms with van der Waals surface area (Å²) in [5.41, 5.74) is 0.986. The molecular formula is C14H17NO3. The summed E-state index contributed by atoms with van der Waals surface area (Å²) in [6.07, 6.45) is 2.71. The smallest absolute Gasteiger partial charge is 0.255 e. The second kappa shape index (κ2) is 5.69. The Balaban J connectivity index is 1.86. The van der Waals surface area contributed by atoms with Crippen LogP contribution in [0.3, 0.4) is 0 Å². The van der Waals surface area contributed by atoms with Crippen LogP contribution in [0.2, 0.25) is 0 Å². The van der Waals surface area contributed by atoms with Crippen molar-refractivity contribution in [3.8, 4) is 5.75 Å². The van der Waals surface area contributed by atoms with Gasteiger partial charge in [0.2, 0.25) is 0 Å². The van der Waals surface area contributed by atoms with Gasteiger partial charge in [0.15, 0.2) is 6.10 Å². The summed E-state index contributed by atoms with van der Waals surface area (Å²) in [5.74, 6) is 0.414. The second-order valence-corrected chi connectivity index (χ2v) is 4.31. The second-order valence-electron chi connectivity index (χ2n) is 4.31. The van der Waals surface area contributed by atoms with Gasteiger partial charge in [0, 0.05) is 13.1 Å². The van der Waals surface area contributed by atoms with Crippen molar-refractivity contribution in [2.75, 3.05) is 19.7 Å². The number of hydrogen-bond donors (Lipinski definition) is 1. The molecule has 18 heavy (non-hydrogen) atoms. The number of carbonyl (C=O) groups is 1. The third-order valence-electron chi connectivity index (χ3n) is 2.91. The topological polar surface area (TPSA) is 49.8 Å². The molecule has 1 aromatic rings. The lowest BCUT2D eigenvalue weighted by atomic mass is 10.2. The van der Waals surface area contributed by atoms with Gasteiger partial charge in [-0.05, 0) is 18.6 Å². The van der Waals surface area contributed by atoms with E-state index in [1.54, 1.807) is 4.90 Å². The Morgan fingerprint density at radius 1 is 1.39 bits per heavy atom. The van der Waals surface area contributed by atoms with Crippen molar-refractivity contribution in [1.29, 1.82) is 0 Å². The minimum atomic E-state index is -1.11. The van der Waals surface area contributed by atoms with Crippen molar-refractivity contribution in [1.82, 2.24) is 4.90 Å². The highest BCUT2D eigenvalue weighted by atomic mass is 16.5. The van der Waals surface area contributed by atoms with E-state index in [0.29, 0.717) is 18.8 Å². The Kier molecular flexibility index (Phi) is 3.99. The minimum Gasteiger partial charge on any atom is -0.490 e. The van der Waals surface area contributed by atoms with Crippen LogP contribution in [0.4, 0.5) is 0 Å². The van der Waals surface area contributed by atoms with E-state index >= 15 is 0 Å². The summed E-state index contributed by atoms with van der Waals surface area (Å²) in [7, 11) is 0. The lowest BCUT2D eigenvalue weighted by molar-refractivity contribution is -0.140. The fourth-order valence-electron chi connectivity index (χ4n) is 1.83. The van der Waals surface area contributed by atoms with Crippen LogP contribution in [0.1, 0.15) is 5.56 Å². The maximum Gasteiger partial charge on any atom is 0.255 e. The first-order valence-corrected chi connectivity index (χ1v) is 5.99. The molecule has 0 radical (unpaired) electrons. The third kappa shape index (κ3) is 2.90. The van der Waals surface area contributed by atoms with E-state index in [2.05, 4.69) is 0 Å². The summed E-state index contributed by atoms with van der Waals surface area (Å²) in [4.78, 5) is 13.4. The predicted octanol–water partition coefficient (Wildman–Crippen LogP) is 1.13. The van der Waals surface area contributed by atoms with Crippen molar-refractivity contribution < 1.29 is 14.6 Å². The van der Waals surface area contributed by atoms with Crippen molar-refractivity contribution in [3.05, 3.63) is 42.0 Å². The quantitative estimate of drug-likeness (QED) is 0.811. The molecule has 0 fully saturated rings. The highest BCUT2D eigenvalue weighted by Gasteiger charge is 2.23. The molecule has 0 bridgehead atoms. The number of hydrogen-bond acceptors (Lipinski definition) is 3. The van der Waals surface area contributed by atoms with Crippen molar-refractivity contribution >= 4 is 5.91 Å². The molecule has 1 aliphatic rings. The van der Waals surface area contributed by atoms with Gasteiger partial charge in [0.25, 0.3) is 5.91 Å². The number of para-hydroxylation sites is 1. The van der Waals surface area contributed by atoms with Crippen LogP contribution < -0.4 is 4.74 Å². The molecule has 96 valence electrons. The lowest BCUT2D eigenvalue weighted by Crippen LogP contribution is -2.40. The first-order valence-electron chi connectivity index (χ1n) is 5.99. The molecule has 2 rings (SSSR count). The van der Waals surface area contributed by atoms with E-state index in [1.807, 2.05) is 43.3 Å². The van der Waals surface area contributed by atoms with Gasteiger partial charge in [-0.2, -0.15) is 0 Å². The van der Waals surface area contributed by atoms with Gasteiger partial charge >= 0.3 is 0 Å². The monoisotopic (exact) mass is 247 g/mol. The third-order valence-corrected chi connectivity index (χ3v) is 2.91. The first-order chi connectivity index (χ1) is 8.68. The Morgan fingerprint density at radius 3 is 2.72 bits per heavy atom. The van der Waals surface area contributed by atoms with E-state index in [9.17, 15) is 9.90 Å². The molecule has 1 atom stereocenters. The Bertz CT molecular complexity index is 448. The largest absolute Gasteiger partial charge is 0.490 e. The molecule has 1 N–H and O–H groups in total. The van der Waals surface area contributed by atoms with Gasteiger partial charge in [-0.3, -0.25) is 4.79 Å². The van der Waals surface area contributed by atoms with Gasteiger partial charge in [0.1, 0.15) is 12.4 Å². The zero-order valence-electron chi connectivity index (χ0n) is 10.4. The minimum absolute atomic E-state index is 0.0137. The van der Waals surface area contributed by atoms with Crippen LogP contribution in [0.5, 0.6) is 5.75 Å². The standard InChI is InChI=1S/C14H17NO3/c1-11-6-2-3-7-13(11)18-10-12(16)14(17)15-8-4-5-9-15/h2-7,12,16H,8-10H2,1H3. The van der Waals surface area contributed by atoms with E-state index in [-0.39, 0.29) is 12.5 Å². The average molecular weight is 247 g/mol. The summed E-state index contributed by atoms with van der Waals surface area (Å²) in [6.45, 7) is 3.05. The van der Waals surface area contributed by atoms with Crippen molar-refractivity contribution in [2.45, 2.75) is 13.0 Å². The maximum atomic E-state index is 11.8. The zero-order valence-corrected chi connectivity index (χ0v) is 10.4. The van der Waals surface area contributed by atoms with Crippen molar-refractivity contribution in [2.24, 2.45) is 0 Å². The zero-order chi connectivity index (χ0) is 13.0. The number of carbonyl (C=O) groups excluding carboxylic acids is 1. The van der Waals surface area contributed by atoms with Gasteiger partial charge in [0.05, 0.1) is 0 Å². The first kappa shape index (κ1) is 12.6. The van der Waals surface area contributed by atoms with Gasteiger partial charge < -0.3 is 14.7 Å². The molecule has 0 spiro atoms. The molecule has 4 heteroatoms. The number of rotatable bonds is 4.